The summed E-state index contributed by atoms with van der Waals surface area (Å²) < 4.78 is 10.4. The minimum absolute atomic E-state index is 0.126. The Morgan fingerprint density at radius 2 is 2.06 bits per heavy atom. The fraction of sp³-hybridized carbons (Fsp3) is 0.923. The van der Waals surface area contributed by atoms with Crippen molar-refractivity contribution >= 4 is 5.97 Å². The molecule has 2 atom stereocenters. The summed E-state index contributed by atoms with van der Waals surface area (Å²) in [5, 5.41) is 0. The molecule has 2 N–H and O–H groups in total. The lowest BCUT2D eigenvalue weighted by Gasteiger charge is -2.31. The van der Waals surface area contributed by atoms with Gasteiger partial charge < -0.3 is 15.2 Å². The lowest BCUT2D eigenvalue weighted by Crippen LogP contribution is -2.42. The van der Waals surface area contributed by atoms with E-state index in [-0.39, 0.29) is 5.97 Å². The Balaban J connectivity index is 2.04. The molecular weight excluding hydrogens is 218 g/mol. The molecule has 4 nitrogen and oxygen atoms in total. The third-order valence-corrected chi connectivity index (χ3v) is 4.09. The van der Waals surface area contributed by atoms with E-state index in [0.29, 0.717) is 18.4 Å². The first-order valence-electron chi connectivity index (χ1n) is 6.56. The Labute approximate surface area is 103 Å². The second-order valence-corrected chi connectivity index (χ2v) is 5.56. The Kier molecular flexibility index (Phi) is 4.05. The fourth-order valence-corrected chi connectivity index (χ4v) is 2.89. The van der Waals surface area contributed by atoms with Crippen LogP contribution in [-0.4, -0.2) is 32.8 Å². The average Bonchev–Trinajstić information content (AvgIpc) is 3.01. The van der Waals surface area contributed by atoms with Crippen LogP contribution in [0.25, 0.3) is 0 Å². The molecule has 98 valence electrons. The molecule has 17 heavy (non-hydrogen) atoms. The standard InChI is InChI=1S/C13H23NO3/c1-16-12(15)13(9-14,6-10-2-3-10)7-11-4-5-17-8-11/h10-11H,2-9,14H2,1H3. The van der Waals surface area contributed by atoms with Gasteiger partial charge in [0.15, 0.2) is 0 Å². The highest BCUT2D eigenvalue weighted by Gasteiger charge is 2.44. The fourth-order valence-electron chi connectivity index (χ4n) is 2.89. The maximum Gasteiger partial charge on any atom is 0.313 e. The van der Waals surface area contributed by atoms with Crippen LogP contribution >= 0.6 is 0 Å². The zero-order valence-electron chi connectivity index (χ0n) is 10.6. The number of carbonyl (C=O) groups is 1. The van der Waals surface area contributed by atoms with Crippen molar-refractivity contribution in [1.29, 1.82) is 0 Å². The van der Waals surface area contributed by atoms with Crippen molar-refractivity contribution < 1.29 is 14.3 Å². The highest BCUT2D eigenvalue weighted by Crippen LogP contribution is 2.44. The predicted molar refractivity (Wildman–Crippen MR) is 64.4 cm³/mol. The van der Waals surface area contributed by atoms with E-state index in [1.807, 2.05) is 0 Å². The molecule has 0 aromatic heterocycles. The van der Waals surface area contributed by atoms with Crippen LogP contribution in [0.2, 0.25) is 0 Å². The van der Waals surface area contributed by atoms with Gasteiger partial charge in [-0.15, -0.1) is 0 Å². The van der Waals surface area contributed by atoms with Crippen molar-refractivity contribution in [3.63, 3.8) is 0 Å². The molecule has 0 bridgehead atoms. The number of hydrogen-bond acceptors (Lipinski definition) is 4. The first kappa shape index (κ1) is 12.8. The summed E-state index contributed by atoms with van der Waals surface area (Å²) in [6.07, 6.45) is 5.24. The molecule has 1 saturated heterocycles. The van der Waals surface area contributed by atoms with E-state index in [0.717, 1.165) is 32.5 Å². The molecule has 0 spiro atoms. The molecule has 1 aliphatic carbocycles. The van der Waals surface area contributed by atoms with Crippen LogP contribution in [-0.2, 0) is 14.3 Å². The van der Waals surface area contributed by atoms with Crippen LogP contribution < -0.4 is 5.73 Å². The Hall–Kier alpha value is -0.610. The normalized spacial score (nSPS) is 27.8. The number of carbonyl (C=O) groups excluding carboxylic acids is 1. The summed E-state index contributed by atoms with van der Waals surface area (Å²) in [5.74, 6) is 1.02. The molecule has 2 aliphatic rings. The molecule has 4 heteroatoms. The summed E-state index contributed by atoms with van der Waals surface area (Å²) in [7, 11) is 1.46. The number of nitrogens with two attached hydrogens (primary N) is 1. The summed E-state index contributed by atoms with van der Waals surface area (Å²) in [6.45, 7) is 1.98. The van der Waals surface area contributed by atoms with Gasteiger partial charge in [0.25, 0.3) is 0 Å². The first-order valence-corrected chi connectivity index (χ1v) is 6.56. The van der Waals surface area contributed by atoms with Crippen LogP contribution in [0.4, 0.5) is 0 Å². The molecule has 0 amide bonds. The zero-order valence-corrected chi connectivity index (χ0v) is 10.6. The van der Waals surface area contributed by atoms with Gasteiger partial charge in [-0.2, -0.15) is 0 Å². The Morgan fingerprint density at radius 1 is 1.35 bits per heavy atom. The lowest BCUT2D eigenvalue weighted by molar-refractivity contribution is -0.154. The smallest absolute Gasteiger partial charge is 0.313 e. The number of rotatable bonds is 6. The molecule has 0 radical (unpaired) electrons. The second kappa shape index (κ2) is 5.36. The van der Waals surface area contributed by atoms with Gasteiger partial charge in [0, 0.05) is 19.8 Å². The minimum atomic E-state index is -0.464. The summed E-state index contributed by atoms with van der Waals surface area (Å²) >= 11 is 0. The van der Waals surface area contributed by atoms with E-state index >= 15 is 0 Å². The van der Waals surface area contributed by atoms with Crippen LogP contribution in [0, 0.1) is 17.3 Å². The van der Waals surface area contributed by atoms with Gasteiger partial charge in [0.05, 0.1) is 12.5 Å². The van der Waals surface area contributed by atoms with Crippen LogP contribution in [0.15, 0.2) is 0 Å². The first-order chi connectivity index (χ1) is 8.20. The van der Waals surface area contributed by atoms with E-state index in [2.05, 4.69) is 0 Å². The van der Waals surface area contributed by atoms with Crippen LogP contribution in [0.3, 0.4) is 0 Å². The number of esters is 1. The van der Waals surface area contributed by atoms with Gasteiger partial charge in [-0.1, -0.05) is 12.8 Å². The highest BCUT2D eigenvalue weighted by atomic mass is 16.5. The predicted octanol–water partition coefficient (Wildman–Crippen LogP) is 1.33. The quantitative estimate of drug-likeness (QED) is 0.713. The van der Waals surface area contributed by atoms with Crippen molar-refractivity contribution in [3.8, 4) is 0 Å². The molecular formula is C13H23NO3. The SMILES string of the molecule is COC(=O)C(CN)(CC1CC1)CC1CCOC1. The maximum atomic E-state index is 12.1. The van der Waals surface area contributed by atoms with Gasteiger partial charge in [0.2, 0.25) is 0 Å². The van der Waals surface area contributed by atoms with E-state index < -0.39 is 5.41 Å². The molecule has 0 aromatic rings. The van der Waals surface area contributed by atoms with Crippen LogP contribution in [0.1, 0.15) is 32.1 Å². The second-order valence-electron chi connectivity index (χ2n) is 5.56. The zero-order chi connectivity index (χ0) is 12.3. The summed E-state index contributed by atoms with van der Waals surface area (Å²) in [5.41, 5.74) is 5.43. The molecule has 2 fully saturated rings. The van der Waals surface area contributed by atoms with E-state index in [4.69, 9.17) is 15.2 Å². The number of hydrogen-bond donors (Lipinski definition) is 1. The topological polar surface area (TPSA) is 61.5 Å². The lowest BCUT2D eigenvalue weighted by atomic mass is 9.75. The highest BCUT2D eigenvalue weighted by molar-refractivity contribution is 5.77. The number of ether oxygens (including phenoxy) is 2. The van der Waals surface area contributed by atoms with Gasteiger partial charge >= 0.3 is 5.97 Å². The molecule has 1 aliphatic heterocycles. The monoisotopic (exact) mass is 241 g/mol. The molecule has 1 heterocycles. The van der Waals surface area contributed by atoms with Crippen molar-refractivity contribution in [3.05, 3.63) is 0 Å². The Bertz CT molecular complexity index is 272. The van der Waals surface area contributed by atoms with E-state index in [1.54, 1.807) is 0 Å². The molecule has 1 saturated carbocycles. The van der Waals surface area contributed by atoms with Crippen molar-refractivity contribution in [1.82, 2.24) is 0 Å². The summed E-state index contributed by atoms with van der Waals surface area (Å²) in [6, 6.07) is 0. The Morgan fingerprint density at radius 3 is 2.53 bits per heavy atom. The third kappa shape index (κ3) is 2.99. The van der Waals surface area contributed by atoms with Crippen molar-refractivity contribution in [2.45, 2.75) is 32.1 Å². The van der Waals surface area contributed by atoms with Crippen molar-refractivity contribution in [2.75, 3.05) is 26.9 Å². The minimum Gasteiger partial charge on any atom is -0.469 e. The molecule has 2 unspecified atom stereocenters. The van der Waals surface area contributed by atoms with E-state index in [1.165, 1.54) is 20.0 Å². The summed E-state index contributed by atoms with van der Waals surface area (Å²) in [4.78, 5) is 12.1. The third-order valence-electron chi connectivity index (χ3n) is 4.09. The van der Waals surface area contributed by atoms with Gasteiger partial charge in [0.1, 0.15) is 0 Å². The average molecular weight is 241 g/mol. The molecule has 2 rings (SSSR count). The van der Waals surface area contributed by atoms with Gasteiger partial charge in [-0.3, -0.25) is 4.79 Å². The maximum absolute atomic E-state index is 12.1. The van der Waals surface area contributed by atoms with E-state index in [9.17, 15) is 4.79 Å². The largest absolute Gasteiger partial charge is 0.469 e. The van der Waals surface area contributed by atoms with Crippen LogP contribution in [0.5, 0.6) is 0 Å². The van der Waals surface area contributed by atoms with Gasteiger partial charge in [-0.05, 0) is 31.1 Å². The van der Waals surface area contributed by atoms with Crippen molar-refractivity contribution in [2.24, 2.45) is 23.0 Å². The van der Waals surface area contributed by atoms with Gasteiger partial charge in [-0.25, -0.2) is 0 Å². The number of methoxy groups -OCH3 is 1. The molecule has 0 aromatic carbocycles.